The molecule has 1 saturated heterocycles. The van der Waals surface area contributed by atoms with Gasteiger partial charge in [-0.05, 0) is 12.8 Å². The molecule has 0 spiro atoms. The van der Waals surface area contributed by atoms with Gasteiger partial charge < -0.3 is 9.80 Å². The molecule has 2 aliphatic heterocycles. The summed E-state index contributed by atoms with van der Waals surface area (Å²) in [5, 5.41) is 4.16. The third-order valence-corrected chi connectivity index (χ3v) is 4.24. The Kier molecular flexibility index (Phi) is 4.24. The number of halogens is 3. The number of hydrogen-bond donors (Lipinski definition) is 0. The van der Waals surface area contributed by atoms with Crippen molar-refractivity contribution in [1.29, 1.82) is 0 Å². The van der Waals surface area contributed by atoms with Crippen molar-refractivity contribution in [2.24, 2.45) is 0 Å². The van der Waals surface area contributed by atoms with Gasteiger partial charge in [-0.2, -0.15) is 5.10 Å². The summed E-state index contributed by atoms with van der Waals surface area (Å²) in [4.78, 5) is 27.5. The van der Waals surface area contributed by atoms with Gasteiger partial charge in [0, 0.05) is 32.7 Å². The number of carbonyl (C=O) groups is 2. The Morgan fingerprint density at radius 2 is 1.92 bits per heavy atom. The average Bonchev–Trinajstić information content (AvgIpc) is 2.94. The number of rotatable bonds is 2. The molecule has 7 nitrogen and oxygen atoms in total. The van der Waals surface area contributed by atoms with E-state index in [1.807, 2.05) is 0 Å². The number of nitrogens with zero attached hydrogens (tertiary/aromatic N) is 4. The van der Waals surface area contributed by atoms with E-state index < -0.39 is 12.5 Å². The number of ether oxygens (including phenoxy) is 1. The van der Waals surface area contributed by atoms with Crippen LogP contribution in [0.4, 0.5) is 13.2 Å². The highest BCUT2D eigenvalue weighted by Crippen LogP contribution is 2.25. The molecule has 0 aromatic carbocycles. The number of likely N-dealkylation sites (tertiary alicyclic amines) is 1. The van der Waals surface area contributed by atoms with Gasteiger partial charge in [0.05, 0.1) is 12.6 Å². The summed E-state index contributed by atoms with van der Waals surface area (Å²) in [6, 6.07) is 1.44. The van der Waals surface area contributed by atoms with Crippen LogP contribution in [0, 0.1) is 0 Å². The molecule has 132 valence electrons. The molecule has 3 heterocycles. The van der Waals surface area contributed by atoms with Crippen molar-refractivity contribution >= 4 is 11.8 Å². The quantitative estimate of drug-likeness (QED) is 0.805. The minimum atomic E-state index is -4.66. The maximum Gasteiger partial charge on any atom is 0.522 e. The molecule has 24 heavy (non-hydrogen) atoms. The molecule has 1 aromatic rings. The van der Waals surface area contributed by atoms with Crippen LogP contribution in [0.3, 0.4) is 0 Å². The zero-order chi connectivity index (χ0) is 17.5. The van der Waals surface area contributed by atoms with Crippen LogP contribution >= 0.6 is 0 Å². The van der Waals surface area contributed by atoms with Gasteiger partial charge in [0.25, 0.3) is 11.8 Å². The van der Waals surface area contributed by atoms with Gasteiger partial charge in [0.15, 0.2) is 5.69 Å². The van der Waals surface area contributed by atoms with Crippen LogP contribution in [0.15, 0.2) is 6.07 Å². The van der Waals surface area contributed by atoms with Crippen LogP contribution in [0.2, 0.25) is 0 Å². The summed E-state index contributed by atoms with van der Waals surface area (Å²) in [7, 11) is 1.67. The van der Waals surface area contributed by atoms with E-state index >= 15 is 0 Å². The number of alkyl halides is 3. The first kappa shape index (κ1) is 16.7. The van der Waals surface area contributed by atoms with Crippen molar-refractivity contribution in [2.45, 2.75) is 31.9 Å². The molecule has 0 atom stereocenters. The van der Waals surface area contributed by atoms with Crippen molar-refractivity contribution in [2.75, 3.05) is 26.7 Å². The zero-order valence-corrected chi connectivity index (χ0v) is 13.0. The molecule has 0 aliphatic carbocycles. The van der Waals surface area contributed by atoms with Crippen molar-refractivity contribution in [3.05, 3.63) is 17.5 Å². The highest BCUT2D eigenvalue weighted by atomic mass is 19.4. The molecule has 0 unspecified atom stereocenters. The van der Waals surface area contributed by atoms with Gasteiger partial charge in [-0.25, -0.2) is 0 Å². The van der Waals surface area contributed by atoms with Gasteiger partial charge in [-0.1, -0.05) is 0 Å². The van der Waals surface area contributed by atoms with Crippen LogP contribution < -0.4 is 0 Å². The Hall–Kier alpha value is -2.10. The van der Waals surface area contributed by atoms with E-state index in [1.54, 1.807) is 11.9 Å². The van der Waals surface area contributed by atoms with E-state index in [2.05, 4.69) is 9.84 Å². The topological polar surface area (TPSA) is 67.7 Å². The lowest BCUT2D eigenvalue weighted by atomic mass is 10.1. The lowest BCUT2D eigenvalue weighted by Gasteiger charge is -2.31. The summed E-state index contributed by atoms with van der Waals surface area (Å²) in [6.07, 6.45) is -5.37. The first-order valence-corrected chi connectivity index (χ1v) is 7.62. The second-order valence-electron chi connectivity index (χ2n) is 5.92. The highest BCUT2D eigenvalue weighted by molar-refractivity contribution is 5.98. The van der Waals surface area contributed by atoms with E-state index in [1.165, 1.54) is 15.6 Å². The van der Waals surface area contributed by atoms with E-state index in [0.717, 1.165) is 0 Å². The smallest absolute Gasteiger partial charge is 0.339 e. The standard InChI is InChI=1S/C14H17F3N4O3/c1-19-6-7-21-11(13(19)23)8-10(18-21)12(22)20-4-2-9(3-5-20)24-14(15,16)17/h8-9H,2-7H2,1H3. The first-order valence-electron chi connectivity index (χ1n) is 7.62. The Morgan fingerprint density at radius 1 is 1.25 bits per heavy atom. The van der Waals surface area contributed by atoms with Crippen LogP contribution in [0.1, 0.15) is 33.8 Å². The number of piperidine rings is 1. The number of likely N-dealkylation sites (N-methyl/N-ethyl adjacent to an activating group) is 1. The minimum absolute atomic E-state index is 0.112. The average molecular weight is 346 g/mol. The zero-order valence-electron chi connectivity index (χ0n) is 13.0. The number of hydrogen-bond acceptors (Lipinski definition) is 4. The normalized spacial score (nSPS) is 19.6. The molecule has 3 rings (SSSR count). The van der Waals surface area contributed by atoms with E-state index in [0.29, 0.717) is 18.8 Å². The van der Waals surface area contributed by atoms with Crippen LogP contribution in [0.5, 0.6) is 0 Å². The fraction of sp³-hybridized carbons (Fsp3) is 0.643. The van der Waals surface area contributed by atoms with Crippen molar-refractivity contribution in [1.82, 2.24) is 19.6 Å². The number of amides is 2. The molecule has 0 bridgehead atoms. The molecular weight excluding hydrogens is 329 g/mol. The number of fused-ring (bicyclic) bond motifs is 1. The Labute approximate surface area is 135 Å². The van der Waals surface area contributed by atoms with Gasteiger partial charge in [-0.3, -0.25) is 19.0 Å². The molecule has 0 N–H and O–H groups in total. The van der Waals surface area contributed by atoms with E-state index in [4.69, 9.17) is 0 Å². The van der Waals surface area contributed by atoms with Gasteiger partial charge in [0.2, 0.25) is 0 Å². The fourth-order valence-corrected chi connectivity index (χ4v) is 2.93. The summed E-state index contributed by atoms with van der Waals surface area (Å²) in [5.41, 5.74) is 0.492. The Bertz CT molecular complexity index is 650. The Morgan fingerprint density at radius 3 is 2.54 bits per heavy atom. The van der Waals surface area contributed by atoms with Gasteiger partial charge in [0.1, 0.15) is 5.69 Å². The molecule has 10 heteroatoms. The number of aromatic nitrogens is 2. The highest BCUT2D eigenvalue weighted by Gasteiger charge is 2.36. The minimum Gasteiger partial charge on any atom is -0.339 e. The predicted octanol–water partition coefficient (Wildman–Crippen LogP) is 1.11. The molecule has 2 aliphatic rings. The predicted molar refractivity (Wildman–Crippen MR) is 75.3 cm³/mol. The van der Waals surface area contributed by atoms with Crippen molar-refractivity contribution in [3.8, 4) is 0 Å². The van der Waals surface area contributed by atoms with Crippen molar-refractivity contribution < 1.29 is 27.5 Å². The summed E-state index contributed by atoms with van der Waals surface area (Å²) in [6.45, 7) is 1.35. The third kappa shape index (κ3) is 3.37. The lowest BCUT2D eigenvalue weighted by Crippen LogP contribution is -2.42. The van der Waals surface area contributed by atoms with Crippen LogP contribution in [-0.4, -0.2) is 70.5 Å². The second kappa shape index (κ2) is 6.08. The van der Waals surface area contributed by atoms with E-state index in [-0.39, 0.29) is 43.4 Å². The molecule has 1 aromatic heterocycles. The van der Waals surface area contributed by atoms with E-state index in [9.17, 15) is 22.8 Å². The number of carbonyl (C=O) groups excluding carboxylic acids is 2. The fourth-order valence-electron chi connectivity index (χ4n) is 2.93. The Balaban J connectivity index is 1.64. The second-order valence-corrected chi connectivity index (χ2v) is 5.92. The SMILES string of the molecule is CN1CCn2nc(C(=O)N3CCC(OC(F)(F)F)CC3)cc2C1=O. The van der Waals surface area contributed by atoms with Crippen LogP contribution in [0.25, 0.3) is 0 Å². The molecule has 0 saturated carbocycles. The lowest BCUT2D eigenvalue weighted by molar-refractivity contribution is -0.345. The van der Waals surface area contributed by atoms with Crippen LogP contribution in [-0.2, 0) is 11.3 Å². The molecule has 1 fully saturated rings. The molecular formula is C14H17F3N4O3. The summed E-state index contributed by atoms with van der Waals surface area (Å²) >= 11 is 0. The monoisotopic (exact) mass is 346 g/mol. The van der Waals surface area contributed by atoms with Gasteiger partial charge in [-0.15, -0.1) is 13.2 Å². The largest absolute Gasteiger partial charge is 0.522 e. The maximum absolute atomic E-state index is 12.5. The van der Waals surface area contributed by atoms with Crippen molar-refractivity contribution in [3.63, 3.8) is 0 Å². The summed E-state index contributed by atoms with van der Waals surface area (Å²) in [5.74, 6) is -0.581. The van der Waals surface area contributed by atoms with Gasteiger partial charge >= 0.3 is 6.36 Å². The third-order valence-electron chi connectivity index (χ3n) is 4.24. The summed E-state index contributed by atoms with van der Waals surface area (Å²) < 4.78 is 42.1. The molecule has 2 amide bonds. The molecule has 0 radical (unpaired) electrons. The first-order chi connectivity index (χ1) is 11.2. The maximum atomic E-state index is 12.5.